The molecule has 0 aromatic carbocycles. The number of halogens is 5. The van der Waals surface area contributed by atoms with E-state index in [1.54, 1.807) is 0 Å². The zero-order valence-corrected chi connectivity index (χ0v) is 15.2. The second kappa shape index (κ2) is 8.20. The summed E-state index contributed by atoms with van der Waals surface area (Å²) < 4.78 is 65.3. The molecule has 2 aromatic rings. The lowest BCUT2D eigenvalue weighted by Gasteiger charge is -2.20. The second-order valence-electron chi connectivity index (χ2n) is 6.60. The number of rotatable bonds is 4. The van der Waals surface area contributed by atoms with Crippen LogP contribution >= 0.6 is 0 Å². The molecule has 1 aliphatic heterocycles. The quantitative estimate of drug-likeness (QED) is 0.575. The molecule has 0 aliphatic carbocycles. The summed E-state index contributed by atoms with van der Waals surface area (Å²) in [6, 6.07) is 2.95. The van der Waals surface area contributed by atoms with E-state index in [-0.39, 0.29) is 29.9 Å². The molecule has 30 heavy (non-hydrogen) atoms. The first-order valence-corrected chi connectivity index (χ1v) is 8.66. The van der Waals surface area contributed by atoms with Crippen LogP contribution < -0.4 is 5.32 Å². The van der Waals surface area contributed by atoms with E-state index in [1.165, 1.54) is 6.07 Å². The van der Waals surface area contributed by atoms with Crippen LogP contribution in [0.5, 0.6) is 0 Å². The third-order valence-corrected chi connectivity index (χ3v) is 4.48. The molecule has 7 nitrogen and oxygen atoms in total. The molecule has 1 fully saturated rings. The van der Waals surface area contributed by atoms with Gasteiger partial charge in [-0.3, -0.25) is 14.7 Å². The van der Waals surface area contributed by atoms with Crippen molar-refractivity contribution >= 4 is 12.0 Å². The Morgan fingerprint density at radius 2 is 2.00 bits per heavy atom. The number of hydrogen-bond acceptors (Lipinski definition) is 4. The number of nitrogens with zero attached hydrogens (tertiary/aromatic N) is 3. The van der Waals surface area contributed by atoms with Crippen LogP contribution in [0.25, 0.3) is 11.3 Å². The van der Waals surface area contributed by atoms with E-state index in [2.05, 4.69) is 15.3 Å². The van der Waals surface area contributed by atoms with E-state index in [0.717, 1.165) is 18.2 Å². The molecule has 12 heteroatoms. The van der Waals surface area contributed by atoms with Gasteiger partial charge in [0.2, 0.25) is 11.9 Å². The van der Waals surface area contributed by atoms with Crippen molar-refractivity contribution in [2.75, 3.05) is 6.54 Å². The highest BCUT2D eigenvalue weighted by atomic mass is 19.4. The number of likely N-dealkylation sites (tertiary alicyclic amines) is 1. The average molecular weight is 430 g/mol. The first-order valence-electron chi connectivity index (χ1n) is 8.66. The highest BCUT2D eigenvalue weighted by Gasteiger charge is 2.39. The minimum Gasteiger partial charge on any atom is -0.465 e. The van der Waals surface area contributed by atoms with Crippen LogP contribution in [-0.2, 0) is 17.5 Å². The summed E-state index contributed by atoms with van der Waals surface area (Å²) in [5, 5.41) is 11.4. The summed E-state index contributed by atoms with van der Waals surface area (Å²) in [4.78, 5) is 31.3. The summed E-state index contributed by atoms with van der Waals surface area (Å²) in [5.41, 5.74) is -0.738. The Morgan fingerprint density at radius 1 is 1.27 bits per heavy atom. The van der Waals surface area contributed by atoms with Crippen LogP contribution in [0.3, 0.4) is 0 Å². The number of aromatic nitrogens is 2. The molecule has 0 bridgehead atoms. The minimum atomic E-state index is -4.56. The van der Waals surface area contributed by atoms with Gasteiger partial charge in [-0.25, -0.2) is 14.2 Å². The maximum Gasteiger partial charge on any atom is 0.417 e. The fourth-order valence-electron chi connectivity index (χ4n) is 3.06. The third kappa shape index (κ3) is 4.81. The first kappa shape index (κ1) is 21.4. The van der Waals surface area contributed by atoms with E-state index < -0.39 is 48.4 Å². The van der Waals surface area contributed by atoms with Crippen molar-refractivity contribution in [3.8, 4) is 11.3 Å². The summed E-state index contributed by atoms with van der Waals surface area (Å²) in [6.45, 7) is -0.722. The van der Waals surface area contributed by atoms with Gasteiger partial charge in [-0.15, -0.1) is 0 Å². The molecule has 1 aliphatic rings. The molecule has 2 atom stereocenters. The Balaban J connectivity index is 1.73. The molecular formula is C18H15F5N4O3. The summed E-state index contributed by atoms with van der Waals surface area (Å²) >= 11 is 0. The molecule has 1 saturated heterocycles. The molecule has 2 aromatic heterocycles. The van der Waals surface area contributed by atoms with Gasteiger partial charge in [0.05, 0.1) is 30.0 Å². The minimum absolute atomic E-state index is 0.0247. The Morgan fingerprint density at radius 3 is 2.60 bits per heavy atom. The Labute approximate surface area is 166 Å². The van der Waals surface area contributed by atoms with E-state index in [4.69, 9.17) is 5.11 Å². The van der Waals surface area contributed by atoms with Gasteiger partial charge in [0.25, 0.3) is 0 Å². The number of carbonyl (C=O) groups is 2. The van der Waals surface area contributed by atoms with Crippen molar-refractivity contribution in [1.82, 2.24) is 20.2 Å². The van der Waals surface area contributed by atoms with Gasteiger partial charge < -0.3 is 10.4 Å². The van der Waals surface area contributed by atoms with Crippen molar-refractivity contribution in [1.29, 1.82) is 0 Å². The molecule has 0 saturated carbocycles. The highest BCUT2D eigenvalue weighted by molar-refractivity contribution is 5.86. The topological polar surface area (TPSA) is 95.4 Å². The van der Waals surface area contributed by atoms with Crippen molar-refractivity contribution in [3.63, 3.8) is 0 Å². The third-order valence-electron chi connectivity index (χ3n) is 4.48. The number of pyridine rings is 2. The normalized spacial score (nSPS) is 19.0. The van der Waals surface area contributed by atoms with Gasteiger partial charge in [-0.1, -0.05) is 0 Å². The zero-order valence-electron chi connectivity index (χ0n) is 15.2. The average Bonchev–Trinajstić information content (AvgIpc) is 3.07. The fraction of sp³-hybridized carbons (Fsp3) is 0.333. The van der Waals surface area contributed by atoms with Crippen LogP contribution in [0.1, 0.15) is 17.7 Å². The predicted octanol–water partition coefficient (Wildman–Crippen LogP) is 3.01. The Hall–Kier alpha value is -3.31. The standard InChI is InChI=1S/C18H15F5N4O3/c19-11-5-14(27(8-11)17(29)30)16(28)25-7-12-3-9(4-15(20)26-12)13-2-1-10(6-24-13)18(21,22)23/h1-4,6,11,14H,5,7-8H2,(H,25,28)(H,29,30)/t11-,14+/m1/s1. The number of nitrogens with one attached hydrogen (secondary N) is 1. The lowest BCUT2D eigenvalue weighted by Crippen LogP contribution is -2.45. The number of hydrogen-bond donors (Lipinski definition) is 2. The number of carbonyl (C=O) groups excluding carboxylic acids is 1. The van der Waals surface area contributed by atoms with Crippen LogP contribution in [0.2, 0.25) is 0 Å². The highest BCUT2D eigenvalue weighted by Crippen LogP contribution is 2.30. The van der Waals surface area contributed by atoms with Gasteiger partial charge in [0, 0.05) is 24.2 Å². The molecule has 160 valence electrons. The maximum atomic E-state index is 13.9. The Kier molecular flexibility index (Phi) is 5.85. The summed E-state index contributed by atoms with van der Waals surface area (Å²) in [5.74, 6) is -1.71. The lowest BCUT2D eigenvalue weighted by atomic mass is 10.1. The van der Waals surface area contributed by atoms with Crippen LogP contribution in [-0.4, -0.2) is 50.7 Å². The zero-order chi connectivity index (χ0) is 22.1. The maximum absolute atomic E-state index is 13.9. The molecule has 3 heterocycles. The monoisotopic (exact) mass is 430 g/mol. The molecular weight excluding hydrogens is 415 g/mol. The van der Waals surface area contributed by atoms with Crippen molar-refractivity contribution < 1.29 is 36.6 Å². The van der Waals surface area contributed by atoms with Crippen LogP contribution in [0.15, 0.2) is 30.5 Å². The molecule has 2 N–H and O–H groups in total. The number of carboxylic acid groups (broad SMARTS) is 1. The smallest absolute Gasteiger partial charge is 0.417 e. The SMILES string of the molecule is O=C(NCc1cc(-c2ccc(C(F)(F)F)cn2)cc(F)n1)[C@@H]1C[C@@H](F)CN1C(=O)O. The number of alkyl halides is 4. The lowest BCUT2D eigenvalue weighted by molar-refractivity contribution is -0.137. The largest absolute Gasteiger partial charge is 0.465 e. The second-order valence-corrected chi connectivity index (χ2v) is 6.60. The van der Waals surface area contributed by atoms with Gasteiger partial charge in [0.1, 0.15) is 12.2 Å². The Bertz CT molecular complexity index is 952. The molecule has 0 spiro atoms. The molecule has 2 amide bonds. The van der Waals surface area contributed by atoms with E-state index in [9.17, 15) is 31.5 Å². The summed E-state index contributed by atoms with van der Waals surface area (Å²) in [7, 11) is 0. The summed E-state index contributed by atoms with van der Waals surface area (Å²) in [6.07, 6.45) is -7.15. The van der Waals surface area contributed by atoms with Crippen LogP contribution in [0.4, 0.5) is 26.7 Å². The molecule has 3 rings (SSSR count). The van der Waals surface area contributed by atoms with Crippen molar-refractivity contribution in [3.05, 3.63) is 47.7 Å². The van der Waals surface area contributed by atoms with Gasteiger partial charge in [0.15, 0.2) is 0 Å². The predicted molar refractivity (Wildman–Crippen MR) is 92.3 cm³/mol. The van der Waals surface area contributed by atoms with Gasteiger partial charge >= 0.3 is 12.3 Å². The molecule has 0 unspecified atom stereocenters. The van der Waals surface area contributed by atoms with Crippen LogP contribution in [0, 0.1) is 5.95 Å². The van der Waals surface area contributed by atoms with Gasteiger partial charge in [-0.05, 0) is 18.2 Å². The van der Waals surface area contributed by atoms with E-state index in [1.807, 2.05) is 0 Å². The first-order chi connectivity index (χ1) is 14.0. The van der Waals surface area contributed by atoms with E-state index >= 15 is 0 Å². The number of amides is 2. The van der Waals surface area contributed by atoms with Gasteiger partial charge in [-0.2, -0.15) is 17.6 Å². The molecule has 0 radical (unpaired) electrons. The van der Waals surface area contributed by atoms with E-state index in [0.29, 0.717) is 11.1 Å². The van der Waals surface area contributed by atoms with Crippen molar-refractivity contribution in [2.45, 2.75) is 31.4 Å². The van der Waals surface area contributed by atoms with Crippen molar-refractivity contribution in [2.24, 2.45) is 0 Å². The fourth-order valence-corrected chi connectivity index (χ4v) is 3.06.